The molecule has 0 saturated carbocycles. The molecule has 3 N–H and O–H groups in total. The fraction of sp³-hybridized carbons (Fsp3) is 0.486. The fourth-order valence-electron chi connectivity index (χ4n) is 5.48. The van der Waals surface area contributed by atoms with Crippen molar-refractivity contribution >= 4 is 40.3 Å². The van der Waals surface area contributed by atoms with Crippen LogP contribution in [0.1, 0.15) is 81.1 Å². The minimum Gasteiger partial charge on any atom is -0.481 e. The lowest BCUT2D eigenvalue weighted by Gasteiger charge is -2.44. The number of carbonyl (C=O) groups is 3. The monoisotopic (exact) mass is 655 g/mol. The number of unbranched alkanes of at least 4 members (excludes halogenated alkanes) is 6. The van der Waals surface area contributed by atoms with Crippen LogP contribution in [0.5, 0.6) is 0 Å². The summed E-state index contributed by atoms with van der Waals surface area (Å²) < 4.78 is 11.0. The quantitative estimate of drug-likeness (QED) is 0.135. The van der Waals surface area contributed by atoms with Gasteiger partial charge < -0.3 is 24.9 Å². The lowest BCUT2D eigenvalue weighted by atomic mass is 9.93. The number of carboxylic acids is 1. The summed E-state index contributed by atoms with van der Waals surface area (Å²) in [7, 11) is 0. The highest BCUT2D eigenvalue weighted by Gasteiger charge is 2.48. The van der Waals surface area contributed by atoms with Crippen LogP contribution in [0.4, 0.5) is 0 Å². The van der Waals surface area contributed by atoms with Crippen molar-refractivity contribution in [3.8, 4) is 0 Å². The molecule has 46 heavy (non-hydrogen) atoms. The van der Waals surface area contributed by atoms with Crippen molar-refractivity contribution in [3.05, 3.63) is 81.1 Å². The summed E-state index contributed by atoms with van der Waals surface area (Å²) >= 11 is 5.98. The number of hydrogen-bond acceptors (Lipinski definition) is 7. The second kappa shape index (κ2) is 19.1. The van der Waals surface area contributed by atoms with E-state index in [0.717, 1.165) is 18.2 Å². The smallest absolute Gasteiger partial charge is 0.347 e. The van der Waals surface area contributed by atoms with Crippen LogP contribution in [0, 0.1) is 0 Å². The van der Waals surface area contributed by atoms with Gasteiger partial charge in [-0.25, -0.2) is 4.79 Å². The van der Waals surface area contributed by atoms with Gasteiger partial charge in [-0.05, 0) is 49.2 Å². The predicted molar refractivity (Wildman–Crippen MR) is 179 cm³/mol. The zero-order valence-corrected chi connectivity index (χ0v) is 27.6. The maximum atomic E-state index is 13.6. The average molecular weight is 656 g/mol. The second-order valence-electron chi connectivity index (χ2n) is 11.3. The highest BCUT2D eigenvalue weighted by molar-refractivity contribution is 6.30. The van der Waals surface area contributed by atoms with Crippen molar-refractivity contribution in [1.82, 2.24) is 15.2 Å². The minimum absolute atomic E-state index is 0.0373. The molecule has 1 aromatic heterocycles. The Labute approximate surface area is 275 Å². The number of amides is 1. The Hall–Kier alpha value is -3.73. The van der Waals surface area contributed by atoms with Gasteiger partial charge in [-0.3, -0.25) is 19.3 Å². The number of para-hydroxylation sites is 1. The molecular weight excluding hydrogens is 610 g/mol. The van der Waals surface area contributed by atoms with Crippen LogP contribution in [0.25, 0.3) is 10.9 Å². The summed E-state index contributed by atoms with van der Waals surface area (Å²) in [6, 6.07) is 15.2. The van der Waals surface area contributed by atoms with E-state index in [9.17, 15) is 19.2 Å². The molecule has 10 nitrogen and oxygen atoms in total. The maximum absolute atomic E-state index is 13.6. The second-order valence-corrected chi connectivity index (χ2v) is 11.7. The molecule has 11 heteroatoms. The highest BCUT2D eigenvalue weighted by atomic mass is 35.5. The van der Waals surface area contributed by atoms with Crippen molar-refractivity contribution in [2.45, 2.75) is 77.3 Å². The van der Waals surface area contributed by atoms with Crippen LogP contribution in [-0.2, 0) is 25.5 Å². The van der Waals surface area contributed by atoms with E-state index in [-0.39, 0.29) is 18.6 Å². The number of pyridine rings is 1. The Morgan fingerprint density at radius 2 is 1.63 bits per heavy atom. The van der Waals surface area contributed by atoms with Gasteiger partial charge in [-0.1, -0.05) is 75.2 Å². The molecule has 3 aromatic rings. The first-order valence-electron chi connectivity index (χ1n) is 16.1. The molecule has 2 aromatic carbocycles. The number of carboxylic acid groups (broad SMARTS) is 1. The highest BCUT2D eigenvalue weighted by Crippen LogP contribution is 2.26. The van der Waals surface area contributed by atoms with Crippen molar-refractivity contribution in [2.24, 2.45) is 0 Å². The number of halogens is 1. The molecule has 2 heterocycles. The van der Waals surface area contributed by atoms with Crippen molar-refractivity contribution in [2.75, 3.05) is 32.9 Å². The van der Waals surface area contributed by atoms with Crippen LogP contribution in [0.3, 0.4) is 0 Å². The lowest BCUT2D eigenvalue weighted by Crippen LogP contribution is -2.69. The zero-order valence-electron chi connectivity index (χ0n) is 26.8. The summed E-state index contributed by atoms with van der Waals surface area (Å²) in [4.78, 5) is 54.2. The molecule has 1 saturated heterocycles. The number of nitrogens with zero attached hydrogens (tertiary/aromatic N) is 1. The van der Waals surface area contributed by atoms with Crippen molar-refractivity contribution in [3.63, 3.8) is 0 Å². The van der Waals surface area contributed by atoms with E-state index in [0.29, 0.717) is 54.4 Å². The Bertz CT molecular complexity index is 1470. The van der Waals surface area contributed by atoms with Crippen LogP contribution >= 0.6 is 11.6 Å². The van der Waals surface area contributed by atoms with Gasteiger partial charge >= 0.3 is 11.9 Å². The molecular formula is C35H46ClN3O7. The average Bonchev–Trinajstić information content (AvgIpc) is 3.05. The lowest BCUT2D eigenvalue weighted by molar-refractivity contribution is -0.163. The number of aromatic nitrogens is 1. The summed E-state index contributed by atoms with van der Waals surface area (Å²) in [5, 5.41) is 12.6. The first-order chi connectivity index (χ1) is 22.2. The number of nitrogens with one attached hydrogen (secondary N) is 2. The Morgan fingerprint density at radius 3 is 2.28 bits per heavy atom. The molecule has 1 fully saturated rings. The van der Waals surface area contributed by atoms with E-state index < -0.39 is 23.5 Å². The summed E-state index contributed by atoms with van der Waals surface area (Å²) in [5.74, 6) is -1.71. The van der Waals surface area contributed by atoms with E-state index in [1.165, 1.54) is 38.2 Å². The number of esters is 1. The Kier molecular flexibility index (Phi) is 15.2. The van der Waals surface area contributed by atoms with Crippen LogP contribution in [-0.4, -0.2) is 71.4 Å². The van der Waals surface area contributed by atoms with Crippen LogP contribution in [0.2, 0.25) is 5.02 Å². The SMILES string of the molecule is CCCCCCCCCC(=O)O.CCOC(=O)C(Cc1cc(=O)[nH]c2ccccc12)(NC(=O)c1ccc(Cl)cc1)N1CCOCC1. The maximum Gasteiger partial charge on any atom is 0.347 e. The zero-order chi connectivity index (χ0) is 33.4. The summed E-state index contributed by atoms with van der Waals surface area (Å²) in [5.41, 5.74) is -0.226. The molecule has 0 radical (unpaired) electrons. The molecule has 0 aliphatic carbocycles. The topological polar surface area (TPSA) is 138 Å². The fourth-order valence-corrected chi connectivity index (χ4v) is 5.60. The van der Waals surface area contributed by atoms with Gasteiger partial charge in [0.05, 0.1) is 19.8 Å². The Balaban J connectivity index is 0.000000409. The predicted octanol–water partition coefficient (Wildman–Crippen LogP) is 5.96. The molecule has 1 unspecified atom stereocenters. The number of rotatable bonds is 15. The van der Waals surface area contributed by atoms with Gasteiger partial charge in [0.15, 0.2) is 5.66 Å². The van der Waals surface area contributed by atoms with Gasteiger partial charge in [0.1, 0.15) is 0 Å². The van der Waals surface area contributed by atoms with Gasteiger partial charge in [0, 0.05) is 53.5 Å². The number of aromatic amines is 1. The molecule has 4 rings (SSSR count). The first-order valence-corrected chi connectivity index (χ1v) is 16.5. The number of H-pyrrole nitrogens is 1. The summed E-state index contributed by atoms with van der Waals surface area (Å²) in [6.45, 7) is 5.65. The molecule has 0 bridgehead atoms. The number of fused-ring (bicyclic) bond motifs is 1. The van der Waals surface area contributed by atoms with E-state index in [1.807, 2.05) is 23.1 Å². The summed E-state index contributed by atoms with van der Waals surface area (Å²) in [6.07, 6.45) is 8.68. The molecule has 1 atom stereocenters. The minimum atomic E-state index is -1.55. The van der Waals surface area contributed by atoms with E-state index in [1.54, 1.807) is 37.3 Å². The number of aliphatic carboxylic acids is 1. The third-order valence-electron chi connectivity index (χ3n) is 7.87. The molecule has 0 spiro atoms. The largest absolute Gasteiger partial charge is 0.481 e. The number of hydrogen-bond donors (Lipinski definition) is 3. The number of morpholine rings is 1. The van der Waals surface area contributed by atoms with Crippen LogP contribution in [0.15, 0.2) is 59.4 Å². The van der Waals surface area contributed by atoms with Crippen LogP contribution < -0.4 is 10.9 Å². The first kappa shape index (κ1) is 36.7. The normalized spacial score (nSPS) is 14.5. The third-order valence-corrected chi connectivity index (χ3v) is 8.12. The number of carbonyl (C=O) groups excluding carboxylic acids is 2. The van der Waals surface area contributed by atoms with E-state index in [4.69, 9.17) is 26.2 Å². The van der Waals surface area contributed by atoms with Gasteiger partial charge in [0.2, 0.25) is 5.56 Å². The Morgan fingerprint density at radius 1 is 0.978 bits per heavy atom. The molecule has 250 valence electrons. The van der Waals surface area contributed by atoms with Crippen molar-refractivity contribution < 1.29 is 29.0 Å². The number of ether oxygens (including phenoxy) is 2. The van der Waals surface area contributed by atoms with E-state index in [2.05, 4.69) is 17.2 Å². The van der Waals surface area contributed by atoms with Crippen molar-refractivity contribution in [1.29, 1.82) is 0 Å². The van der Waals surface area contributed by atoms with Gasteiger partial charge in [0.25, 0.3) is 5.91 Å². The molecule has 1 aliphatic heterocycles. The van der Waals surface area contributed by atoms with E-state index >= 15 is 0 Å². The molecule has 1 aliphatic rings. The van der Waals surface area contributed by atoms with Gasteiger partial charge in [-0.2, -0.15) is 0 Å². The standard InChI is InChI=1S/C25H26ClN3O5.C10H20O2/c1-2-34-24(32)25(29-11-13-33-14-12-29,28-23(31)17-7-9-19(26)10-8-17)16-18-15-22(30)27-21-6-4-3-5-20(18)21;1-2-3-4-5-6-7-8-9-10(11)12/h3-10,15H,2,11-14,16H2,1H3,(H,27,30)(H,28,31);2-9H2,1H3,(H,11,12). The third kappa shape index (κ3) is 11.0. The van der Waals surface area contributed by atoms with Gasteiger partial charge in [-0.15, -0.1) is 0 Å². The molecule has 1 amide bonds. The number of benzene rings is 2.